The lowest BCUT2D eigenvalue weighted by Crippen LogP contribution is -2.56. The van der Waals surface area contributed by atoms with Crippen LogP contribution in [0.3, 0.4) is 0 Å². The first kappa shape index (κ1) is 12.7. The summed E-state index contributed by atoms with van der Waals surface area (Å²) < 4.78 is 5.07. The van der Waals surface area contributed by atoms with Crippen molar-refractivity contribution in [3.05, 3.63) is 23.7 Å². The van der Waals surface area contributed by atoms with Crippen molar-refractivity contribution in [3.8, 4) is 0 Å². The van der Waals surface area contributed by atoms with Crippen molar-refractivity contribution < 1.29 is 24.5 Å². The molecule has 0 atom stereocenters. The molecule has 1 heterocycles. The molecule has 6 heteroatoms. The van der Waals surface area contributed by atoms with Gasteiger partial charge in [0.25, 0.3) is 5.91 Å². The highest BCUT2D eigenvalue weighted by Gasteiger charge is 2.31. The largest absolute Gasteiger partial charge is 0.456 e. The zero-order chi connectivity index (χ0) is 12.2. The van der Waals surface area contributed by atoms with E-state index in [0.717, 1.165) is 0 Å². The Labute approximate surface area is 92.5 Å². The second-order valence-corrected chi connectivity index (χ2v) is 3.62. The lowest BCUT2D eigenvalue weighted by Gasteiger charge is -2.28. The number of aliphatic hydroxyl groups is 3. The first-order valence-electron chi connectivity index (χ1n) is 4.78. The number of aryl methyl sites for hydroxylation is 1. The average Bonchev–Trinajstić information content (AvgIpc) is 2.73. The molecule has 4 N–H and O–H groups in total. The van der Waals surface area contributed by atoms with E-state index in [1.54, 1.807) is 13.0 Å². The average molecular weight is 229 g/mol. The molecule has 6 nitrogen and oxygen atoms in total. The van der Waals surface area contributed by atoms with E-state index in [0.29, 0.717) is 5.76 Å². The minimum Gasteiger partial charge on any atom is -0.456 e. The maximum absolute atomic E-state index is 11.6. The van der Waals surface area contributed by atoms with Gasteiger partial charge in [0.2, 0.25) is 0 Å². The van der Waals surface area contributed by atoms with Gasteiger partial charge in [-0.2, -0.15) is 0 Å². The molecule has 0 aliphatic heterocycles. The van der Waals surface area contributed by atoms with Crippen molar-refractivity contribution in [3.63, 3.8) is 0 Å². The maximum atomic E-state index is 11.6. The molecule has 90 valence electrons. The number of rotatable bonds is 5. The number of aliphatic hydroxyl groups excluding tert-OH is 3. The lowest BCUT2D eigenvalue weighted by atomic mass is 10.0. The summed E-state index contributed by atoms with van der Waals surface area (Å²) in [6.45, 7) is -0.00352. The Morgan fingerprint density at radius 1 is 1.31 bits per heavy atom. The molecule has 0 unspecified atom stereocenters. The van der Waals surface area contributed by atoms with Crippen LogP contribution >= 0.6 is 0 Å². The summed E-state index contributed by atoms with van der Waals surface area (Å²) in [7, 11) is 0. The lowest BCUT2D eigenvalue weighted by molar-refractivity contribution is 0.0363. The number of nitrogens with one attached hydrogen (secondary N) is 1. The molecule has 1 amide bonds. The van der Waals surface area contributed by atoms with Gasteiger partial charge < -0.3 is 25.1 Å². The highest BCUT2D eigenvalue weighted by atomic mass is 16.4. The van der Waals surface area contributed by atoms with Gasteiger partial charge in [-0.1, -0.05) is 0 Å². The van der Waals surface area contributed by atoms with Crippen LogP contribution in [-0.4, -0.2) is 46.6 Å². The van der Waals surface area contributed by atoms with Gasteiger partial charge in [-0.25, -0.2) is 0 Å². The first-order valence-corrected chi connectivity index (χ1v) is 4.78. The van der Waals surface area contributed by atoms with E-state index >= 15 is 0 Å². The SMILES string of the molecule is Cc1ccc(C(=O)NC(CO)(CO)CO)o1. The van der Waals surface area contributed by atoms with E-state index in [2.05, 4.69) is 5.32 Å². The number of furan rings is 1. The Kier molecular flexibility index (Phi) is 4.05. The van der Waals surface area contributed by atoms with Gasteiger partial charge in [-0.05, 0) is 19.1 Å². The summed E-state index contributed by atoms with van der Waals surface area (Å²) in [6.07, 6.45) is 0. The fourth-order valence-corrected chi connectivity index (χ4v) is 1.13. The zero-order valence-corrected chi connectivity index (χ0v) is 8.93. The molecule has 0 fully saturated rings. The second-order valence-electron chi connectivity index (χ2n) is 3.62. The minimum atomic E-state index is -1.43. The van der Waals surface area contributed by atoms with Crippen LogP contribution in [-0.2, 0) is 0 Å². The van der Waals surface area contributed by atoms with Gasteiger partial charge in [-0.3, -0.25) is 4.79 Å². The molecule has 0 radical (unpaired) electrons. The molecule has 0 spiro atoms. The van der Waals surface area contributed by atoms with Gasteiger partial charge in [0.05, 0.1) is 19.8 Å². The van der Waals surface area contributed by atoms with Crippen LogP contribution in [0.15, 0.2) is 16.5 Å². The minimum absolute atomic E-state index is 0.0669. The van der Waals surface area contributed by atoms with E-state index in [-0.39, 0.29) is 5.76 Å². The maximum Gasteiger partial charge on any atom is 0.287 e. The number of amides is 1. The predicted octanol–water partition coefficient (Wildman–Crippen LogP) is -0.966. The highest BCUT2D eigenvalue weighted by molar-refractivity contribution is 5.92. The summed E-state index contributed by atoms with van der Waals surface area (Å²) in [5.74, 6) is 0.0511. The van der Waals surface area contributed by atoms with Gasteiger partial charge >= 0.3 is 0 Å². The number of hydrogen-bond acceptors (Lipinski definition) is 5. The monoisotopic (exact) mass is 229 g/mol. The molecule has 0 aliphatic carbocycles. The molecule has 1 aromatic heterocycles. The van der Waals surface area contributed by atoms with E-state index in [1.807, 2.05) is 0 Å². The molecule has 0 aliphatic rings. The topological polar surface area (TPSA) is 103 Å². The molecule has 0 saturated heterocycles. The fourth-order valence-electron chi connectivity index (χ4n) is 1.13. The van der Waals surface area contributed by atoms with E-state index in [4.69, 9.17) is 19.7 Å². The summed E-state index contributed by atoms with van der Waals surface area (Å²) in [5.41, 5.74) is -1.43. The Balaban J connectivity index is 2.76. The van der Waals surface area contributed by atoms with Gasteiger partial charge in [0.15, 0.2) is 5.76 Å². The standard InChI is InChI=1S/C10H15NO5/c1-7-2-3-8(16-7)9(15)11-10(4-12,5-13)6-14/h2-3,12-14H,4-6H2,1H3,(H,11,15). The Hall–Kier alpha value is -1.37. The molecule has 0 saturated carbocycles. The normalized spacial score (nSPS) is 11.5. The van der Waals surface area contributed by atoms with E-state index < -0.39 is 31.3 Å². The van der Waals surface area contributed by atoms with Crippen molar-refractivity contribution in [2.45, 2.75) is 12.5 Å². The Morgan fingerprint density at radius 3 is 2.25 bits per heavy atom. The highest BCUT2D eigenvalue weighted by Crippen LogP contribution is 2.09. The van der Waals surface area contributed by atoms with Crippen LogP contribution in [0, 0.1) is 6.92 Å². The van der Waals surface area contributed by atoms with Crippen molar-refractivity contribution >= 4 is 5.91 Å². The quantitative estimate of drug-likeness (QED) is 0.520. The number of hydrogen-bond donors (Lipinski definition) is 4. The molecular weight excluding hydrogens is 214 g/mol. The predicted molar refractivity (Wildman–Crippen MR) is 54.9 cm³/mol. The Morgan fingerprint density at radius 2 is 1.88 bits per heavy atom. The van der Waals surface area contributed by atoms with E-state index in [9.17, 15) is 4.79 Å². The molecule has 1 aromatic rings. The van der Waals surface area contributed by atoms with Crippen molar-refractivity contribution in [1.29, 1.82) is 0 Å². The van der Waals surface area contributed by atoms with E-state index in [1.165, 1.54) is 6.07 Å². The number of carbonyl (C=O) groups is 1. The van der Waals surface area contributed by atoms with Crippen LogP contribution in [0.5, 0.6) is 0 Å². The third-order valence-electron chi connectivity index (χ3n) is 2.25. The van der Waals surface area contributed by atoms with Gasteiger partial charge in [-0.15, -0.1) is 0 Å². The summed E-state index contributed by atoms with van der Waals surface area (Å²) in [5, 5.41) is 29.4. The first-order chi connectivity index (χ1) is 7.56. The summed E-state index contributed by atoms with van der Waals surface area (Å²) >= 11 is 0. The Bertz CT molecular complexity index is 348. The molecule has 0 bridgehead atoms. The van der Waals surface area contributed by atoms with Crippen LogP contribution in [0.25, 0.3) is 0 Å². The number of carbonyl (C=O) groups excluding carboxylic acids is 1. The van der Waals surface area contributed by atoms with Crippen LogP contribution < -0.4 is 5.32 Å². The molecular formula is C10H15NO5. The fraction of sp³-hybridized carbons (Fsp3) is 0.500. The summed E-state index contributed by atoms with van der Waals surface area (Å²) in [4.78, 5) is 11.6. The van der Waals surface area contributed by atoms with Gasteiger partial charge in [0.1, 0.15) is 11.3 Å². The van der Waals surface area contributed by atoms with Crippen molar-refractivity contribution in [2.75, 3.05) is 19.8 Å². The van der Waals surface area contributed by atoms with Crippen molar-refractivity contribution in [1.82, 2.24) is 5.32 Å². The third kappa shape index (κ3) is 2.60. The van der Waals surface area contributed by atoms with Gasteiger partial charge in [0, 0.05) is 0 Å². The smallest absolute Gasteiger partial charge is 0.287 e. The van der Waals surface area contributed by atoms with Crippen molar-refractivity contribution in [2.24, 2.45) is 0 Å². The third-order valence-corrected chi connectivity index (χ3v) is 2.25. The zero-order valence-electron chi connectivity index (χ0n) is 8.93. The molecule has 1 rings (SSSR count). The van der Waals surface area contributed by atoms with Crippen LogP contribution in [0.2, 0.25) is 0 Å². The van der Waals surface area contributed by atoms with Crippen LogP contribution in [0.1, 0.15) is 16.3 Å². The second kappa shape index (κ2) is 5.11. The molecule has 0 aromatic carbocycles. The summed E-state index contributed by atoms with van der Waals surface area (Å²) in [6, 6.07) is 3.09. The molecule has 16 heavy (non-hydrogen) atoms. The van der Waals surface area contributed by atoms with Crippen LogP contribution in [0.4, 0.5) is 0 Å².